The van der Waals surface area contributed by atoms with Gasteiger partial charge in [0.1, 0.15) is 6.04 Å². The van der Waals surface area contributed by atoms with Crippen molar-refractivity contribution in [3.63, 3.8) is 0 Å². The Hall–Kier alpha value is -1.04. The van der Waals surface area contributed by atoms with Crippen LogP contribution < -0.4 is 0 Å². The fourth-order valence-corrected chi connectivity index (χ4v) is 2.77. The maximum absolute atomic E-state index is 11.9. The van der Waals surface area contributed by atoms with E-state index in [2.05, 4.69) is 0 Å². The molecule has 0 fully saturated rings. The molecular weight excluding hydrogens is 319 g/mol. The number of aromatic nitrogens is 2. The van der Waals surface area contributed by atoms with Crippen molar-refractivity contribution in [3.05, 3.63) is 26.9 Å². The number of fused-ring (bicyclic) bond motifs is 1. The maximum atomic E-state index is 11.9. The second kappa shape index (κ2) is 5.76. The zero-order chi connectivity index (χ0) is 15.0. The van der Waals surface area contributed by atoms with Crippen LogP contribution in [0.3, 0.4) is 0 Å². The minimum Gasteiger partial charge on any atom is -0.464 e. The molecule has 1 heterocycles. The van der Waals surface area contributed by atoms with Crippen molar-refractivity contribution in [1.29, 1.82) is 0 Å². The SMILES string of the molecule is CCOC(=O)C(C)n1c(=S)n(C)c2cc(Cl)c(Cl)cc21. The number of rotatable bonds is 3. The van der Waals surface area contributed by atoms with Gasteiger partial charge in [0, 0.05) is 7.05 Å². The van der Waals surface area contributed by atoms with Crippen molar-refractivity contribution in [2.75, 3.05) is 6.61 Å². The average molecular weight is 333 g/mol. The van der Waals surface area contributed by atoms with Gasteiger partial charge in [-0.25, -0.2) is 4.79 Å². The van der Waals surface area contributed by atoms with E-state index >= 15 is 0 Å². The topological polar surface area (TPSA) is 36.2 Å². The van der Waals surface area contributed by atoms with Crippen molar-refractivity contribution in [2.24, 2.45) is 7.05 Å². The van der Waals surface area contributed by atoms with E-state index in [0.29, 0.717) is 21.4 Å². The molecule has 0 saturated heterocycles. The number of carbonyl (C=O) groups excluding carboxylic acids is 1. The minimum absolute atomic E-state index is 0.327. The molecule has 20 heavy (non-hydrogen) atoms. The van der Waals surface area contributed by atoms with Gasteiger partial charge in [-0.3, -0.25) is 0 Å². The first-order chi connectivity index (χ1) is 9.38. The Morgan fingerprint density at radius 3 is 2.45 bits per heavy atom. The van der Waals surface area contributed by atoms with E-state index in [1.54, 1.807) is 35.1 Å². The van der Waals surface area contributed by atoms with Crippen LogP contribution in [0.25, 0.3) is 11.0 Å². The van der Waals surface area contributed by atoms with Crippen LogP contribution in [0.15, 0.2) is 12.1 Å². The van der Waals surface area contributed by atoms with Crippen molar-refractivity contribution >= 4 is 52.4 Å². The van der Waals surface area contributed by atoms with E-state index in [0.717, 1.165) is 11.0 Å². The summed E-state index contributed by atoms with van der Waals surface area (Å²) in [5.74, 6) is -0.331. The predicted octanol–water partition coefficient (Wildman–Crippen LogP) is 4.14. The van der Waals surface area contributed by atoms with Gasteiger partial charge in [-0.2, -0.15) is 0 Å². The van der Waals surface area contributed by atoms with Crippen LogP contribution in [0, 0.1) is 4.77 Å². The molecule has 2 aromatic rings. The van der Waals surface area contributed by atoms with Gasteiger partial charge in [-0.1, -0.05) is 23.2 Å². The first-order valence-corrected chi connectivity index (χ1v) is 7.27. The third kappa shape index (κ3) is 2.45. The molecule has 1 unspecified atom stereocenters. The Bertz CT molecular complexity index is 736. The first kappa shape index (κ1) is 15.4. The normalized spacial score (nSPS) is 12.7. The standard InChI is InChI=1S/C13H14Cl2N2O2S/c1-4-19-12(18)7(2)17-11-6-9(15)8(14)5-10(11)16(3)13(17)20/h5-7H,4H2,1-3H3. The van der Waals surface area contributed by atoms with Crippen molar-refractivity contribution in [2.45, 2.75) is 19.9 Å². The Morgan fingerprint density at radius 1 is 1.35 bits per heavy atom. The van der Waals surface area contributed by atoms with Crippen LogP contribution in [0.5, 0.6) is 0 Å². The Labute approximate surface area is 131 Å². The highest BCUT2D eigenvalue weighted by molar-refractivity contribution is 7.71. The number of ether oxygens (including phenoxy) is 1. The fourth-order valence-electron chi connectivity index (χ4n) is 2.10. The number of carbonyl (C=O) groups is 1. The average Bonchev–Trinajstić information content (AvgIpc) is 2.63. The van der Waals surface area contributed by atoms with Crippen LogP contribution >= 0.6 is 35.4 Å². The zero-order valence-electron chi connectivity index (χ0n) is 11.3. The molecule has 0 radical (unpaired) electrons. The maximum Gasteiger partial charge on any atom is 0.328 e. The lowest BCUT2D eigenvalue weighted by molar-refractivity contribution is -0.146. The highest BCUT2D eigenvalue weighted by atomic mass is 35.5. The Morgan fingerprint density at radius 2 is 1.90 bits per heavy atom. The summed E-state index contributed by atoms with van der Waals surface area (Å²) in [6.07, 6.45) is 0. The quantitative estimate of drug-likeness (QED) is 0.626. The van der Waals surface area contributed by atoms with Gasteiger partial charge in [0.2, 0.25) is 0 Å². The molecule has 1 aromatic carbocycles. The van der Waals surface area contributed by atoms with Crippen molar-refractivity contribution in [3.8, 4) is 0 Å². The minimum atomic E-state index is -0.525. The Kier molecular flexibility index (Phi) is 4.42. The van der Waals surface area contributed by atoms with E-state index in [4.69, 9.17) is 40.2 Å². The lowest BCUT2D eigenvalue weighted by atomic mass is 10.2. The monoisotopic (exact) mass is 332 g/mol. The Balaban J connectivity index is 2.70. The summed E-state index contributed by atoms with van der Waals surface area (Å²) in [6.45, 7) is 3.84. The molecule has 1 atom stereocenters. The summed E-state index contributed by atoms with van der Waals surface area (Å²) in [5.41, 5.74) is 1.58. The van der Waals surface area contributed by atoms with Crippen LogP contribution in [0.1, 0.15) is 19.9 Å². The number of hydrogen-bond donors (Lipinski definition) is 0. The first-order valence-electron chi connectivity index (χ1n) is 6.11. The van der Waals surface area contributed by atoms with Crippen LogP contribution in [-0.4, -0.2) is 21.7 Å². The van der Waals surface area contributed by atoms with Gasteiger partial charge in [0.15, 0.2) is 4.77 Å². The third-order valence-electron chi connectivity index (χ3n) is 3.15. The summed E-state index contributed by atoms with van der Waals surface area (Å²) in [6, 6.07) is 2.93. The molecular formula is C13H14Cl2N2O2S. The fraction of sp³-hybridized carbons (Fsp3) is 0.385. The molecule has 1 aromatic heterocycles. The number of imidazole rings is 1. The molecule has 4 nitrogen and oxygen atoms in total. The second-order valence-corrected chi connectivity index (χ2v) is 5.57. The van der Waals surface area contributed by atoms with Gasteiger partial charge in [0.05, 0.1) is 27.7 Å². The highest BCUT2D eigenvalue weighted by Crippen LogP contribution is 2.30. The van der Waals surface area contributed by atoms with Gasteiger partial charge in [0.25, 0.3) is 0 Å². The van der Waals surface area contributed by atoms with Crippen LogP contribution in [0.2, 0.25) is 10.0 Å². The lowest BCUT2D eigenvalue weighted by Gasteiger charge is -2.13. The largest absolute Gasteiger partial charge is 0.464 e. The molecule has 0 aliphatic heterocycles. The van der Waals surface area contributed by atoms with Crippen molar-refractivity contribution < 1.29 is 9.53 Å². The third-order valence-corrected chi connectivity index (χ3v) is 4.34. The van der Waals surface area contributed by atoms with E-state index in [1.807, 2.05) is 7.05 Å². The highest BCUT2D eigenvalue weighted by Gasteiger charge is 2.21. The van der Waals surface area contributed by atoms with Crippen LogP contribution in [-0.2, 0) is 16.6 Å². The van der Waals surface area contributed by atoms with E-state index < -0.39 is 6.04 Å². The molecule has 0 aliphatic carbocycles. The van der Waals surface area contributed by atoms with Gasteiger partial charge in [-0.05, 0) is 38.2 Å². The zero-order valence-corrected chi connectivity index (χ0v) is 13.6. The van der Waals surface area contributed by atoms with Gasteiger partial charge in [-0.15, -0.1) is 0 Å². The predicted molar refractivity (Wildman–Crippen MR) is 83.1 cm³/mol. The summed E-state index contributed by atoms with van der Waals surface area (Å²) in [7, 11) is 1.82. The van der Waals surface area contributed by atoms with E-state index in [-0.39, 0.29) is 5.97 Å². The van der Waals surface area contributed by atoms with Gasteiger partial charge < -0.3 is 13.9 Å². The summed E-state index contributed by atoms with van der Waals surface area (Å²) >= 11 is 17.5. The smallest absolute Gasteiger partial charge is 0.328 e. The molecule has 0 aliphatic rings. The van der Waals surface area contributed by atoms with E-state index in [9.17, 15) is 4.79 Å². The van der Waals surface area contributed by atoms with Crippen LogP contribution in [0.4, 0.5) is 0 Å². The number of aryl methyl sites for hydroxylation is 1. The molecule has 7 heteroatoms. The summed E-state index contributed by atoms with van der Waals surface area (Å²) in [5, 5.41) is 0.871. The molecule has 0 N–H and O–H groups in total. The number of hydrogen-bond acceptors (Lipinski definition) is 3. The molecule has 0 bridgehead atoms. The number of esters is 1. The molecule has 0 spiro atoms. The van der Waals surface area contributed by atoms with Crippen molar-refractivity contribution in [1.82, 2.24) is 9.13 Å². The summed E-state index contributed by atoms with van der Waals surface area (Å²) < 4.78 is 9.08. The molecule has 2 rings (SSSR count). The van der Waals surface area contributed by atoms with Gasteiger partial charge >= 0.3 is 5.97 Å². The van der Waals surface area contributed by atoms with E-state index in [1.165, 1.54) is 0 Å². The molecule has 0 saturated carbocycles. The number of halogens is 2. The number of nitrogens with zero attached hydrogens (tertiary/aromatic N) is 2. The second-order valence-electron chi connectivity index (χ2n) is 4.39. The molecule has 0 amide bonds. The molecule has 108 valence electrons. The number of benzene rings is 1. The summed E-state index contributed by atoms with van der Waals surface area (Å²) in [4.78, 5) is 11.9. The lowest BCUT2D eigenvalue weighted by Crippen LogP contribution is -2.19.